The van der Waals surface area contributed by atoms with E-state index in [1.807, 2.05) is 63.2 Å². The first-order valence-corrected chi connectivity index (χ1v) is 7.92. The summed E-state index contributed by atoms with van der Waals surface area (Å²) < 4.78 is 0. The summed E-state index contributed by atoms with van der Waals surface area (Å²) in [6.45, 7) is 5.20. The van der Waals surface area contributed by atoms with Gasteiger partial charge in [-0.15, -0.1) is 0 Å². The van der Waals surface area contributed by atoms with E-state index in [1.54, 1.807) is 0 Å². The van der Waals surface area contributed by atoms with E-state index in [1.165, 1.54) is 0 Å². The summed E-state index contributed by atoms with van der Waals surface area (Å²) in [5.41, 5.74) is 1.06. The Labute approximate surface area is 138 Å². The van der Waals surface area contributed by atoms with Crippen LogP contribution in [0.15, 0.2) is 30.3 Å². The average Bonchev–Trinajstić information content (AvgIpc) is 2.51. The molecule has 0 radical (unpaired) electrons. The Kier molecular flexibility index (Phi) is 8.11. The Bertz CT molecular complexity index is 489. The molecule has 0 aliphatic rings. The second kappa shape index (κ2) is 9.84. The van der Waals surface area contributed by atoms with Crippen LogP contribution in [0.1, 0.15) is 25.5 Å². The van der Waals surface area contributed by atoms with Crippen molar-refractivity contribution in [2.45, 2.75) is 19.9 Å². The monoisotopic (exact) mass is 320 g/mol. The van der Waals surface area contributed by atoms with Crippen molar-refractivity contribution in [2.75, 3.05) is 33.7 Å². The van der Waals surface area contributed by atoms with E-state index in [9.17, 15) is 9.59 Å². The summed E-state index contributed by atoms with van der Waals surface area (Å²) in [5, 5.41) is 8.50. The third-order valence-electron chi connectivity index (χ3n) is 3.29. The molecule has 1 aromatic carbocycles. The molecule has 1 rings (SSSR count). The number of urea groups is 1. The van der Waals surface area contributed by atoms with Gasteiger partial charge in [0.25, 0.3) is 0 Å². The maximum absolute atomic E-state index is 12.0. The number of hydrogen-bond donors (Lipinski definition) is 3. The lowest BCUT2D eigenvalue weighted by molar-refractivity contribution is -0.123. The summed E-state index contributed by atoms with van der Waals surface area (Å²) >= 11 is 0. The number of hydrogen-bond acceptors (Lipinski definition) is 3. The first kappa shape index (κ1) is 19.0. The summed E-state index contributed by atoms with van der Waals surface area (Å²) in [4.78, 5) is 25.5. The lowest BCUT2D eigenvalue weighted by Crippen LogP contribution is -2.44. The van der Waals surface area contributed by atoms with Crippen LogP contribution in [0.3, 0.4) is 0 Å². The maximum atomic E-state index is 12.0. The Balaban J connectivity index is 2.43. The average molecular weight is 320 g/mol. The highest BCUT2D eigenvalue weighted by Crippen LogP contribution is 2.12. The lowest BCUT2D eigenvalue weighted by Gasteiger charge is -2.23. The molecule has 3 amide bonds. The highest BCUT2D eigenvalue weighted by Gasteiger charge is 2.15. The number of nitrogens with zero attached hydrogens (tertiary/aromatic N) is 1. The molecule has 3 N–H and O–H groups in total. The van der Waals surface area contributed by atoms with Crippen LogP contribution in [0.5, 0.6) is 0 Å². The van der Waals surface area contributed by atoms with E-state index in [4.69, 9.17) is 0 Å². The van der Waals surface area contributed by atoms with Gasteiger partial charge in [0.05, 0.1) is 6.04 Å². The van der Waals surface area contributed by atoms with Gasteiger partial charge in [0.2, 0.25) is 5.91 Å². The van der Waals surface area contributed by atoms with E-state index in [0.29, 0.717) is 19.6 Å². The Morgan fingerprint density at radius 3 is 2.22 bits per heavy atom. The van der Waals surface area contributed by atoms with Crippen LogP contribution in [0.4, 0.5) is 4.79 Å². The van der Waals surface area contributed by atoms with Gasteiger partial charge in [-0.2, -0.15) is 0 Å². The number of rotatable bonds is 8. The van der Waals surface area contributed by atoms with Crippen molar-refractivity contribution < 1.29 is 9.59 Å². The number of carbonyl (C=O) groups excluding carboxylic acids is 2. The molecule has 0 aromatic heterocycles. The van der Waals surface area contributed by atoms with Gasteiger partial charge in [-0.1, -0.05) is 44.2 Å². The smallest absolute Gasteiger partial charge is 0.315 e. The zero-order valence-electron chi connectivity index (χ0n) is 14.4. The molecule has 128 valence electrons. The standard InChI is InChI=1S/C17H28N4O2/c1-13(2)16(22)18-10-11-19-17(23)20-15(12-21(3)4)14-8-6-5-7-9-14/h5-9,13,15H,10-12H2,1-4H3,(H,18,22)(H2,19,20,23). The van der Waals surface area contributed by atoms with Crippen molar-refractivity contribution in [3.05, 3.63) is 35.9 Å². The summed E-state index contributed by atoms with van der Waals surface area (Å²) in [7, 11) is 3.94. The Hall–Kier alpha value is -2.08. The zero-order chi connectivity index (χ0) is 17.2. The molecule has 6 heteroatoms. The molecule has 6 nitrogen and oxygen atoms in total. The number of benzene rings is 1. The lowest BCUT2D eigenvalue weighted by atomic mass is 10.1. The summed E-state index contributed by atoms with van der Waals surface area (Å²) in [5.74, 6) is -0.0617. The van der Waals surface area contributed by atoms with Crippen molar-refractivity contribution in [1.82, 2.24) is 20.9 Å². The quantitative estimate of drug-likeness (QED) is 0.633. The predicted molar refractivity (Wildman–Crippen MR) is 92.1 cm³/mol. The van der Waals surface area contributed by atoms with Gasteiger partial charge in [0.15, 0.2) is 0 Å². The number of likely N-dealkylation sites (N-methyl/N-ethyl adjacent to an activating group) is 1. The molecule has 0 aliphatic heterocycles. The minimum atomic E-state index is -0.237. The molecule has 0 bridgehead atoms. The molecule has 0 heterocycles. The Morgan fingerprint density at radius 1 is 1.04 bits per heavy atom. The van der Waals surface area contributed by atoms with Gasteiger partial charge in [-0.25, -0.2) is 4.79 Å². The largest absolute Gasteiger partial charge is 0.354 e. The first-order chi connectivity index (χ1) is 10.9. The topological polar surface area (TPSA) is 73.5 Å². The van der Waals surface area contributed by atoms with Crippen LogP contribution in [0.25, 0.3) is 0 Å². The molecular formula is C17H28N4O2. The van der Waals surface area contributed by atoms with Crippen LogP contribution >= 0.6 is 0 Å². The van der Waals surface area contributed by atoms with E-state index < -0.39 is 0 Å². The highest BCUT2D eigenvalue weighted by molar-refractivity contribution is 5.78. The van der Waals surface area contributed by atoms with Crippen LogP contribution in [-0.2, 0) is 4.79 Å². The van der Waals surface area contributed by atoms with Gasteiger partial charge >= 0.3 is 6.03 Å². The van der Waals surface area contributed by atoms with E-state index in [0.717, 1.165) is 5.56 Å². The van der Waals surface area contributed by atoms with Crippen LogP contribution in [0.2, 0.25) is 0 Å². The van der Waals surface area contributed by atoms with E-state index in [2.05, 4.69) is 16.0 Å². The molecule has 0 spiro atoms. The zero-order valence-corrected chi connectivity index (χ0v) is 14.4. The SMILES string of the molecule is CC(C)C(=O)NCCNC(=O)NC(CN(C)C)c1ccccc1. The fourth-order valence-corrected chi connectivity index (χ4v) is 2.06. The molecule has 0 aliphatic carbocycles. The molecular weight excluding hydrogens is 292 g/mol. The van der Waals surface area contributed by atoms with Crippen LogP contribution in [0, 0.1) is 5.92 Å². The first-order valence-electron chi connectivity index (χ1n) is 7.92. The normalized spacial score (nSPS) is 12.1. The molecule has 0 fully saturated rings. The summed E-state index contributed by atoms with van der Waals surface area (Å²) in [6.07, 6.45) is 0. The third-order valence-corrected chi connectivity index (χ3v) is 3.29. The number of amides is 3. The molecule has 23 heavy (non-hydrogen) atoms. The predicted octanol–water partition coefficient (Wildman–Crippen LogP) is 1.36. The molecule has 0 saturated heterocycles. The fraction of sp³-hybridized carbons (Fsp3) is 0.529. The van der Waals surface area contributed by atoms with Crippen molar-refractivity contribution in [2.24, 2.45) is 5.92 Å². The molecule has 1 atom stereocenters. The van der Waals surface area contributed by atoms with Gasteiger partial charge in [0, 0.05) is 25.6 Å². The maximum Gasteiger partial charge on any atom is 0.315 e. The Morgan fingerprint density at radius 2 is 1.65 bits per heavy atom. The molecule has 0 saturated carbocycles. The molecule has 1 aromatic rings. The van der Waals surface area contributed by atoms with Gasteiger partial charge in [-0.3, -0.25) is 4.79 Å². The fourth-order valence-electron chi connectivity index (χ4n) is 2.06. The number of nitrogens with one attached hydrogen (secondary N) is 3. The number of carbonyl (C=O) groups is 2. The minimum Gasteiger partial charge on any atom is -0.354 e. The van der Waals surface area contributed by atoms with Gasteiger partial charge < -0.3 is 20.9 Å². The third kappa shape index (κ3) is 7.65. The van der Waals surface area contributed by atoms with Crippen LogP contribution < -0.4 is 16.0 Å². The van der Waals surface area contributed by atoms with E-state index >= 15 is 0 Å². The molecule has 1 unspecified atom stereocenters. The van der Waals surface area contributed by atoms with Crippen molar-refractivity contribution in [3.8, 4) is 0 Å². The minimum absolute atomic E-state index is 0.0121. The van der Waals surface area contributed by atoms with Crippen molar-refractivity contribution >= 4 is 11.9 Å². The van der Waals surface area contributed by atoms with Crippen LogP contribution in [-0.4, -0.2) is 50.6 Å². The van der Waals surface area contributed by atoms with Crippen molar-refractivity contribution in [1.29, 1.82) is 0 Å². The second-order valence-corrected chi connectivity index (χ2v) is 6.07. The van der Waals surface area contributed by atoms with Gasteiger partial charge in [-0.05, 0) is 19.7 Å². The van der Waals surface area contributed by atoms with Gasteiger partial charge in [0.1, 0.15) is 0 Å². The second-order valence-electron chi connectivity index (χ2n) is 6.07. The van der Waals surface area contributed by atoms with Crippen molar-refractivity contribution in [3.63, 3.8) is 0 Å². The highest BCUT2D eigenvalue weighted by atomic mass is 16.2. The summed E-state index contributed by atoms with van der Waals surface area (Å²) in [6, 6.07) is 9.54. The van der Waals surface area contributed by atoms with E-state index in [-0.39, 0.29) is 23.9 Å².